The maximum atomic E-state index is 12.9. The fraction of sp³-hybridized carbons (Fsp3) is 0.350. The van der Waals surface area contributed by atoms with Gasteiger partial charge >= 0.3 is 6.36 Å². The van der Waals surface area contributed by atoms with Gasteiger partial charge in [0.25, 0.3) is 5.91 Å². The summed E-state index contributed by atoms with van der Waals surface area (Å²) >= 11 is 2.55. The number of nitrogens with one attached hydrogen (secondary N) is 2. The van der Waals surface area contributed by atoms with E-state index in [1.165, 1.54) is 11.3 Å². The molecule has 2 aromatic heterocycles. The van der Waals surface area contributed by atoms with E-state index < -0.39 is 23.9 Å². The molecule has 15 heteroatoms. The fourth-order valence-electron chi connectivity index (χ4n) is 3.18. The van der Waals surface area contributed by atoms with Gasteiger partial charge in [-0.1, -0.05) is 11.3 Å². The minimum Gasteiger partial charge on any atom is -0.404 e. The molecule has 1 saturated heterocycles. The van der Waals surface area contributed by atoms with E-state index in [0.29, 0.717) is 37.0 Å². The Morgan fingerprint density at radius 3 is 2.66 bits per heavy atom. The first-order valence-corrected chi connectivity index (χ1v) is 11.9. The molecule has 0 saturated carbocycles. The molecule has 1 aliphatic heterocycles. The second kappa shape index (κ2) is 10.6. The van der Waals surface area contributed by atoms with Crippen molar-refractivity contribution in [2.24, 2.45) is 0 Å². The van der Waals surface area contributed by atoms with Gasteiger partial charge in [0.2, 0.25) is 11.0 Å². The van der Waals surface area contributed by atoms with Gasteiger partial charge in [-0.05, 0) is 25.1 Å². The molecule has 0 bridgehead atoms. The number of halogens is 3. The largest absolute Gasteiger partial charge is 0.573 e. The summed E-state index contributed by atoms with van der Waals surface area (Å²) in [7, 11) is 0. The van der Waals surface area contributed by atoms with E-state index in [-0.39, 0.29) is 22.9 Å². The molecular formula is C20H19F3N6O4S2. The summed E-state index contributed by atoms with van der Waals surface area (Å²) in [4.78, 5) is 32.2. The summed E-state index contributed by atoms with van der Waals surface area (Å²) in [5.41, 5.74) is 2.03. The first kappa shape index (κ1) is 25.0. The highest BCUT2D eigenvalue weighted by Crippen LogP contribution is 2.32. The third kappa shape index (κ3) is 6.72. The molecule has 186 valence electrons. The number of aromatic nitrogens is 3. The SMILES string of the molecule is Cc1scnc1-c1nnc(NC(=O)c2ccc(OC(F)(F)F)c(NC(=O)CN3CCOCC3)c2)s1. The molecule has 4 rings (SSSR count). The van der Waals surface area contributed by atoms with Gasteiger partial charge in [0.15, 0.2) is 10.8 Å². The van der Waals surface area contributed by atoms with Crippen LogP contribution in [0.1, 0.15) is 15.2 Å². The van der Waals surface area contributed by atoms with Crippen LogP contribution in [0.25, 0.3) is 10.7 Å². The third-order valence-corrected chi connectivity index (χ3v) is 6.41. The lowest BCUT2D eigenvalue weighted by Gasteiger charge is -2.26. The quantitative estimate of drug-likeness (QED) is 0.479. The number of hydrogen-bond donors (Lipinski definition) is 2. The Morgan fingerprint density at radius 1 is 1.20 bits per heavy atom. The number of alkyl halides is 3. The van der Waals surface area contributed by atoms with Crippen molar-refractivity contribution in [1.82, 2.24) is 20.1 Å². The van der Waals surface area contributed by atoms with Crippen molar-refractivity contribution < 1.29 is 32.2 Å². The van der Waals surface area contributed by atoms with Crippen LogP contribution in [-0.2, 0) is 9.53 Å². The summed E-state index contributed by atoms with van der Waals surface area (Å²) < 4.78 is 47.9. The predicted molar refractivity (Wildman–Crippen MR) is 123 cm³/mol. The topological polar surface area (TPSA) is 119 Å². The van der Waals surface area contributed by atoms with Crippen LogP contribution in [0.2, 0.25) is 0 Å². The fourth-order valence-corrected chi connectivity index (χ4v) is 4.62. The molecular weight excluding hydrogens is 509 g/mol. The number of amides is 2. The zero-order valence-corrected chi connectivity index (χ0v) is 19.9. The van der Waals surface area contributed by atoms with Gasteiger partial charge in [0.1, 0.15) is 5.69 Å². The first-order valence-electron chi connectivity index (χ1n) is 10.2. The number of aryl methyl sites for hydroxylation is 1. The summed E-state index contributed by atoms with van der Waals surface area (Å²) in [6.45, 7) is 3.79. The molecule has 35 heavy (non-hydrogen) atoms. The molecule has 0 atom stereocenters. The van der Waals surface area contributed by atoms with Gasteiger partial charge < -0.3 is 14.8 Å². The molecule has 1 aromatic carbocycles. The molecule has 0 aliphatic carbocycles. The van der Waals surface area contributed by atoms with E-state index >= 15 is 0 Å². The maximum absolute atomic E-state index is 12.9. The van der Waals surface area contributed by atoms with E-state index in [1.54, 1.807) is 10.4 Å². The van der Waals surface area contributed by atoms with Gasteiger partial charge in [0, 0.05) is 23.5 Å². The number of morpholine rings is 1. The number of anilines is 2. The van der Waals surface area contributed by atoms with Crippen molar-refractivity contribution in [1.29, 1.82) is 0 Å². The Kier molecular flexibility index (Phi) is 7.59. The number of nitrogens with zero attached hydrogens (tertiary/aromatic N) is 4. The first-order chi connectivity index (χ1) is 16.7. The van der Waals surface area contributed by atoms with Crippen LogP contribution in [0.4, 0.5) is 24.0 Å². The van der Waals surface area contributed by atoms with Gasteiger partial charge in [-0.3, -0.25) is 19.8 Å². The average molecular weight is 529 g/mol. The van der Waals surface area contributed by atoms with Gasteiger partial charge in [0.05, 0.1) is 31.0 Å². The molecule has 0 spiro atoms. The zero-order chi connectivity index (χ0) is 25.0. The Morgan fingerprint density at radius 2 is 1.97 bits per heavy atom. The zero-order valence-electron chi connectivity index (χ0n) is 18.2. The third-order valence-electron chi connectivity index (χ3n) is 4.81. The number of benzene rings is 1. The highest BCUT2D eigenvalue weighted by Gasteiger charge is 2.32. The van der Waals surface area contributed by atoms with Crippen molar-refractivity contribution in [3.63, 3.8) is 0 Å². The lowest BCUT2D eigenvalue weighted by Crippen LogP contribution is -2.41. The number of rotatable bonds is 7. The molecule has 1 fully saturated rings. The Bertz CT molecular complexity index is 1210. The van der Waals surface area contributed by atoms with Gasteiger partial charge in [-0.2, -0.15) is 0 Å². The standard InChI is InChI=1S/C20H19F3N6O4S2/c1-11-16(24-10-34-11)18-27-28-19(35-18)26-17(31)12-2-3-14(33-20(21,22)23)13(8-12)25-15(30)9-29-4-6-32-7-5-29/h2-3,8,10H,4-7,9H2,1H3,(H,25,30)(H,26,28,31). The van der Waals surface area contributed by atoms with E-state index in [1.807, 2.05) is 6.92 Å². The summed E-state index contributed by atoms with van der Waals surface area (Å²) in [5, 5.41) is 13.6. The second-order valence-corrected chi connectivity index (χ2v) is 9.36. The van der Waals surface area contributed by atoms with Gasteiger partial charge in [-0.25, -0.2) is 4.98 Å². The van der Waals surface area contributed by atoms with E-state index in [4.69, 9.17) is 4.74 Å². The van der Waals surface area contributed by atoms with Crippen LogP contribution in [0, 0.1) is 6.92 Å². The highest BCUT2D eigenvalue weighted by molar-refractivity contribution is 7.19. The lowest BCUT2D eigenvalue weighted by molar-refractivity contribution is -0.274. The molecule has 0 unspecified atom stereocenters. The van der Waals surface area contributed by atoms with Crippen molar-refractivity contribution >= 4 is 45.3 Å². The number of ether oxygens (including phenoxy) is 2. The smallest absolute Gasteiger partial charge is 0.404 e. The van der Waals surface area contributed by atoms with E-state index in [2.05, 4.69) is 30.6 Å². The highest BCUT2D eigenvalue weighted by atomic mass is 32.1. The Labute approximate surface area is 205 Å². The number of carbonyl (C=O) groups excluding carboxylic acids is 2. The summed E-state index contributed by atoms with van der Waals surface area (Å²) in [5.74, 6) is -1.84. The van der Waals surface area contributed by atoms with Crippen molar-refractivity contribution in [3.8, 4) is 16.5 Å². The van der Waals surface area contributed by atoms with E-state index in [9.17, 15) is 22.8 Å². The van der Waals surface area contributed by atoms with Gasteiger partial charge in [-0.15, -0.1) is 34.7 Å². The number of carbonyl (C=O) groups is 2. The molecule has 3 heterocycles. The lowest BCUT2D eigenvalue weighted by atomic mass is 10.1. The van der Waals surface area contributed by atoms with Crippen LogP contribution in [0.3, 0.4) is 0 Å². The molecule has 1 aliphatic rings. The number of thiazole rings is 1. The monoisotopic (exact) mass is 528 g/mol. The second-order valence-electron chi connectivity index (χ2n) is 7.32. The minimum absolute atomic E-state index is 0.0113. The van der Waals surface area contributed by atoms with Crippen molar-refractivity contribution in [3.05, 3.63) is 34.2 Å². The van der Waals surface area contributed by atoms with Crippen LogP contribution in [0.15, 0.2) is 23.7 Å². The van der Waals surface area contributed by atoms with Crippen molar-refractivity contribution in [2.75, 3.05) is 43.5 Å². The summed E-state index contributed by atoms with van der Waals surface area (Å²) in [6, 6.07) is 3.23. The molecule has 0 radical (unpaired) electrons. The van der Waals surface area contributed by atoms with Crippen LogP contribution in [-0.4, -0.2) is 71.1 Å². The molecule has 2 N–H and O–H groups in total. The van der Waals surface area contributed by atoms with Crippen LogP contribution in [0.5, 0.6) is 5.75 Å². The van der Waals surface area contributed by atoms with Crippen molar-refractivity contribution in [2.45, 2.75) is 13.3 Å². The molecule has 3 aromatic rings. The average Bonchev–Trinajstić information content (AvgIpc) is 3.43. The predicted octanol–water partition coefficient (Wildman–Crippen LogP) is 3.39. The number of hydrogen-bond acceptors (Lipinski definition) is 10. The Hall–Kier alpha value is -3.14. The summed E-state index contributed by atoms with van der Waals surface area (Å²) in [6.07, 6.45) is -4.98. The van der Waals surface area contributed by atoms with E-state index in [0.717, 1.165) is 34.4 Å². The van der Waals surface area contributed by atoms with Crippen LogP contribution >= 0.6 is 22.7 Å². The minimum atomic E-state index is -4.98. The molecule has 2 amide bonds. The molecule has 10 nitrogen and oxygen atoms in total. The normalized spacial score (nSPS) is 14.5. The Balaban J connectivity index is 1.50. The maximum Gasteiger partial charge on any atom is 0.573 e. The van der Waals surface area contributed by atoms with Crippen LogP contribution < -0.4 is 15.4 Å².